The summed E-state index contributed by atoms with van der Waals surface area (Å²) >= 11 is -0.126. The summed E-state index contributed by atoms with van der Waals surface area (Å²) in [5.74, 6) is -0.145. The first-order valence-electron chi connectivity index (χ1n) is 5.10. The predicted molar refractivity (Wildman–Crippen MR) is 71.2 cm³/mol. The van der Waals surface area contributed by atoms with Crippen LogP contribution in [0, 0.1) is 11.3 Å². The molecule has 0 N–H and O–H groups in total. The van der Waals surface area contributed by atoms with Gasteiger partial charge in [0, 0.05) is 5.56 Å². The van der Waals surface area contributed by atoms with Crippen molar-refractivity contribution in [1.82, 2.24) is 0 Å². The Balaban J connectivity index is 2.42. The summed E-state index contributed by atoms with van der Waals surface area (Å²) in [5.41, 5.74) is 0.886. The number of nitrogens with zero attached hydrogens (tertiary/aromatic N) is 1. The lowest BCUT2D eigenvalue weighted by molar-refractivity contribution is 0.104. The Kier molecular flexibility index (Phi) is 3.82. The van der Waals surface area contributed by atoms with Gasteiger partial charge in [0.15, 0.2) is 0 Å². The summed E-state index contributed by atoms with van der Waals surface area (Å²) in [7, 11) is 0. The maximum Gasteiger partial charge on any atom is 0.224 e. The molecule has 1 aromatic carbocycles. The molecular formula is C13H9NO2S2. The van der Waals surface area contributed by atoms with Crippen molar-refractivity contribution in [3.8, 4) is 6.07 Å². The average molecular weight is 275 g/mol. The molecular weight excluding hydrogens is 266 g/mol. The monoisotopic (exact) mass is 275 g/mol. The number of nitriles is 1. The van der Waals surface area contributed by atoms with Gasteiger partial charge in [-0.3, -0.25) is 4.79 Å². The molecule has 18 heavy (non-hydrogen) atoms. The fourth-order valence-corrected chi connectivity index (χ4v) is 3.46. The number of thiophene rings is 1. The Bertz CT molecular complexity index is 612. The minimum atomic E-state index is -1.25. The maximum absolute atomic E-state index is 12.2. The minimum absolute atomic E-state index is 0.145. The molecule has 0 bridgehead atoms. The van der Waals surface area contributed by atoms with Crippen molar-refractivity contribution in [2.45, 2.75) is 4.21 Å². The lowest BCUT2D eigenvalue weighted by Gasteiger charge is -1.99. The topological polar surface area (TPSA) is 63.9 Å². The third kappa shape index (κ3) is 2.46. The zero-order valence-electron chi connectivity index (χ0n) is 9.54. The first-order valence-corrected chi connectivity index (χ1v) is 7.48. The van der Waals surface area contributed by atoms with Gasteiger partial charge in [0.25, 0.3) is 0 Å². The van der Waals surface area contributed by atoms with Crippen molar-refractivity contribution in [1.29, 1.82) is 5.26 Å². The molecule has 0 aliphatic rings. The summed E-state index contributed by atoms with van der Waals surface area (Å²) in [6.45, 7) is 0. The molecule has 0 aliphatic heterocycles. The van der Waals surface area contributed by atoms with E-state index in [-0.39, 0.29) is 5.78 Å². The highest BCUT2D eigenvalue weighted by atomic mass is 32.2. The fraction of sp³-hybridized carbons (Fsp3) is 0.0769. The molecule has 0 amide bonds. The molecule has 0 saturated heterocycles. The molecule has 0 aliphatic carbocycles. The number of carbonyl (C=O) groups is 1. The van der Waals surface area contributed by atoms with E-state index in [0.29, 0.717) is 20.2 Å². The van der Waals surface area contributed by atoms with E-state index < -0.39 is 11.2 Å². The van der Waals surface area contributed by atoms with Gasteiger partial charge in [-0.05, 0) is 17.2 Å². The Morgan fingerprint density at radius 2 is 2.06 bits per heavy atom. The van der Waals surface area contributed by atoms with E-state index in [2.05, 4.69) is 0 Å². The van der Waals surface area contributed by atoms with E-state index in [4.69, 9.17) is 5.26 Å². The lowest BCUT2D eigenvalue weighted by Crippen LogP contribution is -1.97. The standard InChI is InChI=1S/C13H9NO2S2/c1-18(16)13-10(8-14)7-11(17-13)12(15)9-5-3-2-4-6-9/h2-7H,1H3. The van der Waals surface area contributed by atoms with Gasteiger partial charge in [0.1, 0.15) is 17.9 Å². The first-order chi connectivity index (χ1) is 8.63. The largest absolute Gasteiger partial charge is 0.611 e. The summed E-state index contributed by atoms with van der Waals surface area (Å²) in [5, 5.41) is 8.94. The van der Waals surface area contributed by atoms with E-state index in [9.17, 15) is 9.35 Å². The summed E-state index contributed by atoms with van der Waals surface area (Å²) in [6.07, 6.45) is 1.50. The van der Waals surface area contributed by atoms with Crippen molar-refractivity contribution in [3.63, 3.8) is 0 Å². The SMILES string of the molecule is C[S+]([O-])c1sc(C(=O)c2ccccc2)cc1C#N. The molecule has 1 unspecified atom stereocenters. The van der Waals surface area contributed by atoms with Crippen molar-refractivity contribution >= 4 is 28.3 Å². The van der Waals surface area contributed by atoms with Crippen LogP contribution in [-0.4, -0.2) is 16.6 Å². The van der Waals surface area contributed by atoms with Crippen molar-refractivity contribution in [2.75, 3.05) is 6.26 Å². The average Bonchev–Trinajstić information content (AvgIpc) is 2.83. The molecule has 1 aromatic heterocycles. The third-order valence-electron chi connectivity index (χ3n) is 2.34. The molecule has 0 radical (unpaired) electrons. The lowest BCUT2D eigenvalue weighted by atomic mass is 10.1. The number of rotatable bonds is 3. The van der Waals surface area contributed by atoms with E-state index >= 15 is 0 Å². The van der Waals surface area contributed by atoms with Crippen LogP contribution in [-0.2, 0) is 11.2 Å². The number of benzene rings is 1. The highest BCUT2D eigenvalue weighted by molar-refractivity contribution is 7.92. The second kappa shape index (κ2) is 5.36. The van der Waals surface area contributed by atoms with Crippen LogP contribution in [0.1, 0.15) is 20.8 Å². The van der Waals surface area contributed by atoms with Gasteiger partial charge in [-0.25, -0.2) is 0 Å². The van der Waals surface area contributed by atoms with Gasteiger partial charge in [0.05, 0.1) is 4.88 Å². The quantitative estimate of drug-likeness (QED) is 0.639. The van der Waals surface area contributed by atoms with E-state index in [1.165, 1.54) is 12.3 Å². The van der Waals surface area contributed by atoms with Gasteiger partial charge >= 0.3 is 0 Å². The highest BCUT2D eigenvalue weighted by Crippen LogP contribution is 2.28. The first kappa shape index (κ1) is 12.8. The maximum atomic E-state index is 12.2. The van der Waals surface area contributed by atoms with E-state index in [0.717, 1.165) is 11.3 Å². The summed E-state index contributed by atoms with van der Waals surface area (Å²) in [6, 6.07) is 12.3. The highest BCUT2D eigenvalue weighted by Gasteiger charge is 2.21. The third-order valence-corrected chi connectivity index (χ3v) is 4.96. The Hall–Kier alpha value is -1.61. The Labute approximate surface area is 112 Å². The van der Waals surface area contributed by atoms with Crippen LogP contribution >= 0.6 is 11.3 Å². The van der Waals surface area contributed by atoms with Gasteiger partial charge in [-0.2, -0.15) is 5.26 Å². The molecule has 3 nitrogen and oxygen atoms in total. The van der Waals surface area contributed by atoms with Gasteiger partial charge < -0.3 is 4.55 Å². The molecule has 1 heterocycles. The molecule has 90 valence electrons. The van der Waals surface area contributed by atoms with Crippen LogP contribution in [0.3, 0.4) is 0 Å². The minimum Gasteiger partial charge on any atom is -0.611 e. The van der Waals surface area contributed by atoms with Crippen LogP contribution in [0.5, 0.6) is 0 Å². The van der Waals surface area contributed by atoms with Crippen molar-refractivity contribution in [2.24, 2.45) is 0 Å². The van der Waals surface area contributed by atoms with Crippen LogP contribution < -0.4 is 0 Å². The smallest absolute Gasteiger partial charge is 0.224 e. The van der Waals surface area contributed by atoms with Crippen LogP contribution in [0.15, 0.2) is 40.6 Å². The molecule has 2 rings (SSSR count). The molecule has 2 aromatic rings. The van der Waals surface area contributed by atoms with Gasteiger partial charge in [0.2, 0.25) is 9.99 Å². The zero-order valence-corrected chi connectivity index (χ0v) is 11.2. The summed E-state index contributed by atoms with van der Waals surface area (Å²) < 4.78 is 11.9. The summed E-state index contributed by atoms with van der Waals surface area (Å²) in [4.78, 5) is 12.6. The van der Waals surface area contributed by atoms with Gasteiger partial charge in [-0.1, -0.05) is 41.7 Å². The number of carbonyl (C=O) groups excluding carboxylic acids is 1. The zero-order chi connectivity index (χ0) is 13.1. The molecule has 5 heteroatoms. The van der Waals surface area contributed by atoms with Crippen LogP contribution in [0.2, 0.25) is 0 Å². The Morgan fingerprint density at radius 3 is 2.56 bits per heavy atom. The normalized spacial score (nSPS) is 11.8. The second-order valence-corrected chi connectivity index (χ2v) is 6.20. The fourth-order valence-electron chi connectivity index (χ4n) is 1.51. The number of hydrogen-bond acceptors (Lipinski definition) is 4. The van der Waals surface area contributed by atoms with E-state index in [1.54, 1.807) is 24.3 Å². The van der Waals surface area contributed by atoms with Crippen LogP contribution in [0.4, 0.5) is 0 Å². The predicted octanol–water partition coefficient (Wildman–Crippen LogP) is 2.59. The van der Waals surface area contributed by atoms with Crippen molar-refractivity contribution < 1.29 is 9.35 Å². The van der Waals surface area contributed by atoms with Gasteiger partial charge in [-0.15, -0.1) is 0 Å². The molecule has 0 fully saturated rings. The van der Waals surface area contributed by atoms with E-state index in [1.807, 2.05) is 12.1 Å². The molecule has 0 spiro atoms. The molecule has 1 atom stereocenters. The van der Waals surface area contributed by atoms with Crippen molar-refractivity contribution in [3.05, 3.63) is 52.4 Å². The number of hydrogen-bond donors (Lipinski definition) is 0. The molecule has 0 saturated carbocycles. The van der Waals surface area contributed by atoms with Crippen LogP contribution in [0.25, 0.3) is 0 Å². The second-order valence-electron chi connectivity index (χ2n) is 3.57. The number of ketones is 1. The Morgan fingerprint density at radius 1 is 1.39 bits per heavy atom.